The van der Waals surface area contributed by atoms with Crippen LogP contribution in [0.2, 0.25) is 5.02 Å². The molecule has 3 aromatic rings. The molecule has 0 saturated carbocycles. The highest BCUT2D eigenvalue weighted by molar-refractivity contribution is 6.31. The summed E-state index contributed by atoms with van der Waals surface area (Å²) in [5, 5.41) is 26.4. The van der Waals surface area contributed by atoms with E-state index in [-0.39, 0.29) is 23.6 Å². The van der Waals surface area contributed by atoms with Crippen LogP contribution in [-0.4, -0.2) is 33.1 Å². The largest absolute Gasteiger partial charge is 0.505 e. The first kappa shape index (κ1) is 28.5. The number of halogens is 1. The van der Waals surface area contributed by atoms with Crippen LogP contribution >= 0.6 is 11.6 Å². The highest BCUT2D eigenvalue weighted by atomic mass is 35.5. The van der Waals surface area contributed by atoms with E-state index in [1.54, 1.807) is 17.4 Å². The minimum absolute atomic E-state index is 0.136. The van der Waals surface area contributed by atoms with Crippen molar-refractivity contribution in [2.45, 2.75) is 84.5 Å². The molecular formula is C29H39ClN6O3. The molecule has 1 aliphatic heterocycles. The van der Waals surface area contributed by atoms with Crippen molar-refractivity contribution in [1.82, 2.24) is 15.4 Å². The topological polar surface area (TPSA) is 107 Å². The number of rotatable bonds is 12. The highest BCUT2D eigenvalue weighted by Gasteiger charge is 2.34. The molecule has 39 heavy (non-hydrogen) atoms. The molecule has 0 atom stereocenters. The van der Waals surface area contributed by atoms with Crippen molar-refractivity contribution in [2.75, 3.05) is 22.2 Å². The second kappa shape index (κ2) is 12.6. The molecule has 1 aliphatic rings. The third kappa shape index (κ3) is 6.95. The van der Waals surface area contributed by atoms with Gasteiger partial charge in [-0.2, -0.15) is 5.12 Å². The van der Waals surface area contributed by atoms with Crippen LogP contribution in [-0.2, 0) is 21.4 Å². The number of anilines is 4. The van der Waals surface area contributed by atoms with E-state index < -0.39 is 0 Å². The van der Waals surface area contributed by atoms with E-state index >= 15 is 0 Å². The number of unbranched alkanes of at least 4 members (excludes halogenated alkanes) is 5. The van der Waals surface area contributed by atoms with Gasteiger partial charge in [-0.15, -0.1) is 5.10 Å². The number of ether oxygens (including phenoxy) is 1. The fourth-order valence-corrected chi connectivity index (χ4v) is 4.86. The van der Waals surface area contributed by atoms with Gasteiger partial charge < -0.3 is 9.84 Å². The van der Waals surface area contributed by atoms with E-state index in [4.69, 9.17) is 16.3 Å². The summed E-state index contributed by atoms with van der Waals surface area (Å²) < 4.78 is 5.49. The zero-order chi connectivity index (χ0) is 28.0. The van der Waals surface area contributed by atoms with Gasteiger partial charge in [0.05, 0.1) is 24.2 Å². The Labute approximate surface area is 235 Å². The smallest absolute Gasteiger partial charge is 0.306 e. The summed E-state index contributed by atoms with van der Waals surface area (Å²) in [4.78, 5) is 12.5. The summed E-state index contributed by atoms with van der Waals surface area (Å²) in [5.74, 6) is 0.460. The standard InChI is InChI=1S/C29H39ClN6O3/c1-5-6-7-8-9-10-15-39-27(37)14-11-20-16-22(29(2,3)4)28(38)25(17-20)36-33-23-18-21(30)12-13-24(23)35(36)26-19-31-34-32-26/h12-13,16-19,33,38H,5-11,14-15H2,1-4H3,(H,31,32,34). The van der Waals surface area contributed by atoms with Crippen molar-refractivity contribution in [2.24, 2.45) is 0 Å². The predicted molar refractivity (Wildman–Crippen MR) is 156 cm³/mol. The fourth-order valence-electron chi connectivity index (χ4n) is 4.69. The maximum atomic E-state index is 12.5. The van der Waals surface area contributed by atoms with E-state index in [9.17, 15) is 9.90 Å². The van der Waals surface area contributed by atoms with Crippen molar-refractivity contribution in [1.29, 1.82) is 0 Å². The Kier molecular flexibility index (Phi) is 9.22. The number of aromatic nitrogens is 3. The number of H-pyrrole nitrogens is 1. The van der Waals surface area contributed by atoms with Crippen molar-refractivity contribution in [3.05, 3.63) is 52.7 Å². The average molecular weight is 555 g/mol. The van der Waals surface area contributed by atoms with Crippen LogP contribution in [0.5, 0.6) is 5.75 Å². The van der Waals surface area contributed by atoms with E-state index in [0.29, 0.717) is 29.6 Å². The Hall–Kier alpha value is -3.46. The van der Waals surface area contributed by atoms with Gasteiger partial charge >= 0.3 is 5.97 Å². The summed E-state index contributed by atoms with van der Waals surface area (Å²) in [6.45, 7) is 8.81. The molecule has 0 aliphatic carbocycles. The molecule has 2 aromatic carbocycles. The van der Waals surface area contributed by atoms with Gasteiger partial charge in [0.1, 0.15) is 11.4 Å². The molecule has 2 heterocycles. The number of phenolic OH excluding ortho intramolecular Hbond substituents is 1. The molecule has 4 rings (SSSR count). The maximum Gasteiger partial charge on any atom is 0.306 e. The Balaban J connectivity index is 1.54. The number of aromatic hydroxyl groups is 1. The number of phenols is 1. The van der Waals surface area contributed by atoms with Crippen LogP contribution in [0.1, 0.15) is 83.8 Å². The van der Waals surface area contributed by atoms with Crippen molar-refractivity contribution in [3.8, 4) is 5.75 Å². The van der Waals surface area contributed by atoms with Crippen molar-refractivity contribution in [3.63, 3.8) is 0 Å². The van der Waals surface area contributed by atoms with Gasteiger partial charge in [-0.25, -0.2) is 5.01 Å². The van der Waals surface area contributed by atoms with E-state index in [1.165, 1.54) is 25.7 Å². The number of esters is 1. The minimum atomic E-state index is -0.346. The zero-order valence-corrected chi connectivity index (χ0v) is 24.0. The number of carbonyl (C=O) groups excluding carboxylic acids is 1. The van der Waals surface area contributed by atoms with Crippen LogP contribution in [0.3, 0.4) is 0 Å². The number of benzene rings is 2. The Morgan fingerprint density at radius 1 is 1.08 bits per heavy atom. The molecule has 0 fully saturated rings. The summed E-state index contributed by atoms with van der Waals surface area (Å²) >= 11 is 6.27. The van der Waals surface area contributed by atoms with Crippen LogP contribution < -0.4 is 15.6 Å². The molecule has 1 aromatic heterocycles. The molecule has 9 nitrogen and oxygen atoms in total. The summed E-state index contributed by atoms with van der Waals surface area (Å²) in [6, 6.07) is 9.35. The average Bonchev–Trinajstić information content (AvgIpc) is 3.54. The molecule has 0 amide bonds. The molecular weight excluding hydrogens is 516 g/mol. The number of carbonyl (C=O) groups is 1. The van der Waals surface area contributed by atoms with Crippen molar-refractivity contribution < 1.29 is 14.6 Å². The number of aromatic amines is 1. The van der Waals surface area contributed by atoms with E-state index in [1.807, 2.05) is 50.0 Å². The second-order valence-corrected chi connectivity index (χ2v) is 11.4. The summed E-state index contributed by atoms with van der Waals surface area (Å²) in [7, 11) is 0. The first-order valence-electron chi connectivity index (χ1n) is 13.7. The molecule has 0 spiro atoms. The quantitative estimate of drug-likeness (QED) is 0.159. The van der Waals surface area contributed by atoms with Crippen molar-refractivity contribution >= 4 is 40.5 Å². The molecule has 210 valence electrons. The lowest BCUT2D eigenvalue weighted by molar-refractivity contribution is -0.143. The number of hydrogen-bond donors (Lipinski definition) is 3. The zero-order valence-electron chi connectivity index (χ0n) is 23.3. The number of hydrazine groups is 2. The van der Waals surface area contributed by atoms with Gasteiger partial charge in [-0.3, -0.25) is 15.3 Å². The molecule has 0 saturated heterocycles. The van der Waals surface area contributed by atoms with Crippen LogP contribution in [0.4, 0.5) is 22.9 Å². The first-order valence-corrected chi connectivity index (χ1v) is 14.1. The molecule has 3 N–H and O–H groups in total. The molecule has 0 bridgehead atoms. The monoisotopic (exact) mass is 554 g/mol. The van der Waals surface area contributed by atoms with Gasteiger partial charge in [-0.05, 0) is 48.1 Å². The number of aryl methyl sites for hydroxylation is 1. The molecule has 10 heteroatoms. The second-order valence-electron chi connectivity index (χ2n) is 11.0. The number of hydrogen-bond acceptors (Lipinski definition) is 8. The normalized spacial score (nSPS) is 12.9. The third-order valence-corrected chi connectivity index (χ3v) is 7.03. The molecule has 0 unspecified atom stereocenters. The van der Waals surface area contributed by atoms with E-state index in [2.05, 4.69) is 27.8 Å². The Morgan fingerprint density at radius 2 is 1.85 bits per heavy atom. The van der Waals surface area contributed by atoms with Gasteiger partial charge in [0.15, 0.2) is 5.82 Å². The van der Waals surface area contributed by atoms with E-state index in [0.717, 1.165) is 35.3 Å². The molecule has 0 radical (unpaired) electrons. The van der Waals surface area contributed by atoms with Gasteiger partial charge in [0, 0.05) is 17.0 Å². The van der Waals surface area contributed by atoms with Crippen LogP contribution in [0, 0.1) is 0 Å². The summed E-state index contributed by atoms with van der Waals surface area (Å²) in [5.41, 5.74) is 6.75. The Bertz CT molecular complexity index is 1260. The Morgan fingerprint density at radius 3 is 2.56 bits per heavy atom. The lowest BCUT2D eigenvalue weighted by atomic mass is 9.84. The lowest BCUT2D eigenvalue weighted by Crippen LogP contribution is -2.39. The fraction of sp³-hybridized carbons (Fsp3) is 0.483. The maximum absolute atomic E-state index is 12.5. The van der Waals surface area contributed by atoms with Crippen LogP contribution in [0.15, 0.2) is 36.5 Å². The first-order chi connectivity index (χ1) is 18.7. The number of fused-ring (bicyclic) bond motifs is 1. The van der Waals surface area contributed by atoms with Gasteiger partial charge in [-0.1, -0.05) is 82.7 Å². The lowest BCUT2D eigenvalue weighted by Gasteiger charge is -2.32. The third-order valence-electron chi connectivity index (χ3n) is 6.80. The van der Waals surface area contributed by atoms with Gasteiger partial charge in [0.2, 0.25) is 0 Å². The predicted octanol–water partition coefficient (Wildman–Crippen LogP) is 7.20. The highest BCUT2D eigenvalue weighted by Crippen LogP contribution is 2.46. The number of nitrogens with one attached hydrogen (secondary N) is 2. The summed E-state index contributed by atoms with van der Waals surface area (Å²) in [6.07, 6.45) is 9.31. The number of nitrogens with zero attached hydrogens (tertiary/aromatic N) is 4. The minimum Gasteiger partial charge on any atom is -0.505 e. The van der Waals surface area contributed by atoms with Gasteiger partial charge in [0.25, 0.3) is 0 Å². The van der Waals surface area contributed by atoms with Crippen LogP contribution in [0.25, 0.3) is 0 Å². The SMILES string of the molecule is CCCCCCCCOC(=O)CCc1cc(N2Nc3cc(Cl)ccc3N2c2c[nH]nn2)c(O)c(C(C)(C)C)c1.